The average molecular weight is 332 g/mol. The summed E-state index contributed by atoms with van der Waals surface area (Å²) >= 11 is 0. The number of aromatic nitrogens is 2. The molecule has 0 bridgehead atoms. The third kappa shape index (κ3) is 4.82. The van der Waals surface area contributed by atoms with E-state index in [1.807, 2.05) is 0 Å². The molecule has 0 aromatic carbocycles. The van der Waals surface area contributed by atoms with Crippen molar-refractivity contribution in [1.29, 1.82) is 0 Å². The van der Waals surface area contributed by atoms with E-state index in [2.05, 4.69) is 20.8 Å². The summed E-state index contributed by atoms with van der Waals surface area (Å²) in [5.74, 6) is 1.50. The summed E-state index contributed by atoms with van der Waals surface area (Å²) < 4.78 is 0. The van der Waals surface area contributed by atoms with Crippen molar-refractivity contribution in [3.05, 3.63) is 12.3 Å². The number of H-pyrrole nitrogens is 1. The summed E-state index contributed by atoms with van der Waals surface area (Å²) in [6.45, 7) is 0. The lowest BCUT2D eigenvalue weighted by molar-refractivity contribution is -0.123. The Morgan fingerprint density at radius 2 is 1.83 bits per heavy atom. The van der Waals surface area contributed by atoms with Crippen LogP contribution in [0.15, 0.2) is 12.3 Å². The molecule has 132 valence electrons. The normalized spacial score (nSPS) is 25.2. The van der Waals surface area contributed by atoms with Crippen LogP contribution in [0.2, 0.25) is 0 Å². The lowest BCUT2D eigenvalue weighted by Gasteiger charge is -2.29. The van der Waals surface area contributed by atoms with Crippen LogP contribution in [0, 0.1) is 11.8 Å². The van der Waals surface area contributed by atoms with E-state index in [1.54, 1.807) is 12.3 Å². The van der Waals surface area contributed by atoms with Crippen molar-refractivity contribution in [2.75, 3.05) is 5.32 Å². The second-order valence-corrected chi connectivity index (χ2v) is 7.28. The van der Waals surface area contributed by atoms with Crippen LogP contribution in [0.4, 0.5) is 5.82 Å². The van der Waals surface area contributed by atoms with Crippen LogP contribution in [0.1, 0.15) is 64.2 Å². The summed E-state index contributed by atoms with van der Waals surface area (Å²) in [4.78, 5) is 24.4. The molecule has 2 amide bonds. The molecule has 0 atom stereocenters. The van der Waals surface area contributed by atoms with Gasteiger partial charge in [-0.05, 0) is 44.4 Å². The van der Waals surface area contributed by atoms with Crippen molar-refractivity contribution in [2.24, 2.45) is 11.8 Å². The number of nitrogens with zero attached hydrogens (tertiary/aromatic N) is 1. The molecule has 3 rings (SSSR count). The number of hydrogen-bond donors (Lipinski definition) is 3. The quantitative estimate of drug-likeness (QED) is 0.774. The maximum absolute atomic E-state index is 12.2. The van der Waals surface area contributed by atoms with Gasteiger partial charge in [-0.1, -0.05) is 19.3 Å². The Bertz CT molecular complexity index is 529. The van der Waals surface area contributed by atoms with E-state index < -0.39 is 0 Å². The minimum absolute atomic E-state index is 0.0276. The molecule has 24 heavy (non-hydrogen) atoms. The molecule has 1 aromatic heterocycles. The SMILES string of the molecule is O=C(CC1CCCCC1)NC1CCC(C(=O)Nc2ccn[nH]2)CC1. The van der Waals surface area contributed by atoms with Crippen molar-refractivity contribution < 1.29 is 9.59 Å². The summed E-state index contributed by atoms with van der Waals surface area (Å²) in [6.07, 6.45) is 12.0. The number of rotatable bonds is 5. The van der Waals surface area contributed by atoms with E-state index in [9.17, 15) is 9.59 Å². The lowest BCUT2D eigenvalue weighted by atomic mass is 9.84. The lowest BCUT2D eigenvalue weighted by Crippen LogP contribution is -2.40. The van der Waals surface area contributed by atoms with Crippen molar-refractivity contribution in [2.45, 2.75) is 70.3 Å². The second kappa shape index (κ2) is 8.31. The molecule has 0 radical (unpaired) electrons. The maximum Gasteiger partial charge on any atom is 0.228 e. The van der Waals surface area contributed by atoms with E-state index in [0.717, 1.165) is 25.7 Å². The van der Waals surface area contributed by atoms with Crippen LogP contribution >= 0.6 is 0 Å². The first-order valence-corrected chi connectivity index (χ1v) is 9.30. The zero-order valence-electron chi connectivity index (χ0n) is 14.2. The van der Waals surface area contributed by atoms with E-state index in [0.29, 0.717) is 18.2 Å². The average Bonchev–Trinajstić information content (AvgIpc) is 3.09. The van der Waals surface area contributed by atoms with Gasteiger partial charge in [-0.2, -0.15) is 5.10 Å². The van der Waals surface area contributed by atoms with Gasteiger partial charge in [0.05, 0.1) is 6.20 Å². The van der Waals surface area contributed by atoms with Crippen LogP contribution in [0.25, 0.3) is 0 Å². The smallest absolute Gasteiger partial charge is 0.228 e. The summed E-state index contributed by atoms with van der Waals surface area (Å²) in [7, 11) is 0. The highest BCUT2D eigenvalue weighted by molar-refractivity contribution is 5.91. The first kappa shape index (κ1) is 17.0. The van der Waals surface area contributed by atoms with Gasteiger partial charge in [0.2, 0.25) is 11.8 Å². The standard InChI is InChI=1S/C18H28N4O2/c23-17(12-13-4-2-1-3-5-13)20-15-8-6-14(7-9-15)18(24)21-16-10-11-19-22-16/h10-11,13-15H,1-9,12H2,(H,20,23)(H2,19,21,22,24). The van der Waals surface area contributed by atoms with Crippen molar-refractivity contribution >= 4 is 17.6 Å². The van der Waals surface area contributed by atoms with Gasteiger partial charge in [-0.25, -0.2) is 0 Å². The van der Waals surface area contributed by atoms with Gasteiger partial charge in [0.15, 0.2) is 0 Å². The van der Waals surface area contributed by atoms with Gasteiger partial charge in [0.1, 0.15) is 5.82 Å². The van der Waals surface area contributed by atoms with Gasteiger partial charge in [-0.15, -0.1) is 0 Å². The molecule has 0 saturated heterocycles. The van der Waals surface area contributed by atoms with Gasteiger partial charge in [-0.3, -0.25) is 14.7 Å². The fraction of sp³-hybridized carbons (Fsp3) is 0.722. The first-order valence-electron chi connectivity index (χ1n) is 9.30. The number of amides is 2. The summed E-state index contributed by atoms with van der Waals surface area (Å²) in [5.41, 5.74) is 0. The van der Waals surface area contributed by atoms with E-state index in [-0.39, 0.29) is 23.8 Å². The Morgan fingerprint density at radius 3 is 2.50 bits per heavy atom. The molecule has 2 fully saturated rings. The minimum Gasteiger partial charge on any atom is -0.353 e. The van der Waals surface area contributed by atoms with Crippen LogP contribution in [-0.2, 0) is 9.59 Å². The Hall–Kier alpha value is -1.85. The van der Waals surface area contributed by atoms with E-state index >= 15 is 0 Å². The molecule has 2 saturated carbocycles. The van der Waals surface area contributed by atoms with Crippen LogP contribution < -0.4 is 10.6 Å². The molecule has 1 aromatic rings. The molecule has 1 heterocycles. The van der Waals surface area contributed by atoms with Crippen molar-refractivity contribution in [3.63, 3.8) is 0 Å². The minimum atomic E-state index is 0.0276. The van der Waals surface area contributed by atoms with Crippen molar-refractivity contribution in [1.82, 2.24) is 15.5 Å². The predicted molar refractivity (Wildman–Crippen MR) is 92.3 cm³/mol. The maximum atomic E-state index is 12.2. The Balaban J connectivity index is 1.36. The number of anilines is 1. The topological polar surface area (TPSA) is 86.9 Å². The largest absolute Gasteiger partial charge is 0.353 e. The highest BCUT2D eigenvalue weighted by atomic mass is 16.2. The molecule has 6 nitrogen and oxygen atoms in total. The zero-order valence-corrected chi connectivity index (χ0v) is 14.2. The highest BCUT2D eigenvalue weighted by Crippen LogP contribution is 2.28. The monoisotopic (exact) mass is 332 g/mol. The Morgan fingerprint density at radius 1 is 1.08 bits per heavy atom. The first-order chi connectivity index (χ1) is 11.7. The van der Waals surface area contributed by atoms with E-state index in [1.165, 1.54) is 32.1 Å². The molecular formula is C18H28N4O2. The third-order valence-corrected chi connectivity index (χ3v) is 5.42. The van der Waals surface area contributed by atoms with Crippen molar-refractivity contribution in [3.8, 4) is 0 Å². The number of carbonyl (C=O) groups excluding carboxylic acids is 2. The van der Waals surface area contributed by atoms with Gasteiger partial charge >= 0.3 is 0 Å². The van der Waals surface area contributed by atoms with Gasteiger partial charge in [0, 0.05) is 24.4 Å². The van der Waals surface area contributed by atoms with E-state index in [4.69, 9.17) is 0 Å². The second-order valence-electron chi connectivity index (χ2n) is 7.28. The van der Waals surface area contributed by atoms with Gasteiger partial charge < -0.3 is 10.6 Å². The number of nitrogens with one attached hydrogen (secondary N) is 3. The molecule has 0 unspecified atom stereocenters. The Labute approximate surface area is 143 Å². The number of hydrogen-bond acceptors (Lipinski definition) is 3. The highest BCUT2D eigenvalue weighted by Gasteiger charge is 2.28. The third-order valence-electron chi connectivity index (χ3n) is 5.42. The van der Waals surface area contributed by atoms with Crippen LogP contribution in [-0.4, -0.2) is 28.1 Å². The van der Waals surface area contributed by atoms with Crippen LogP contribution in [0.5, 0.6) is 0 Å². The number of aromatic amines is 1. The molecule has 2 aliphatic carbocycles. The van der Waals surface area contributed by atoms with Gasteiger partial charge in [0.25, 0.3) is 0 Å². The molecule has 2 aliphatic rings. The fourth-order valence-electron chi connectivity index (χ4n) is 4.00. The molecular weight excluding hydrogens is 304 g/mol. The molecule has 3 N–H and O–H groups in total. The van der Waals surface area contributed by atoms with Crippen LogP contribution in [0.3, 0.4) is 0 Å². The molecule has 0 aliphatic heterocycles. The zero-order chi connectivity index (χ0) is 16.8. The Kier molecular flexibility index (Phi) is 5.88. The summed E-state index contributed by atoms with van der Waals surface area (Å²) in [6, 6.07) is 1.98. The number of carbonyl (C=O) groups is 2. The molecule has 6 heteroatoms. The summed E-state index contributed by atoms with van der Waals surface area (Å²) in [5, 5.41) is 12.6. The molecule has 0 spiro atoms. The fourth-order valence-corrected chi connectivity index (χ4v) is 4.00. The predicted octanol–water partition coefficient (Wildman–Crippen LogP) is 2.99.